The second-order valence-corrected chi connectivity index (χ2v) is 15.8. The summed E-state index contributed by atoms with van der Waals surface area (Å²) in [5.74, 6) is 0. The molecule has 5 aromatic heterocycles. The third-order valence-electron chi connectivity index (χ3n) is 11.6. The Labute approximate surface area is 393 Å². The molecule has 9 aromatic rings. The lowest BCUT2D eigenvalue weighted by atomic mass is 10.00. The van der Waals surface area contributed by atoms with Gasteiger partial charge >= 0.3 is 0 Å². The fourth-order valence-electron chi connectivity index (χ4n) is 8.46. The Bertz CT molecular complexity index is 3080. The number of benzene rings is 4. The number of nitrogens with one attached hydrogen (secondary N) is 2. The summed E-state index contributed by atoms with van der Waals surface area (Å²) in [6.45, 7) is 1.60. The Balaban J connectivity index is 0.00000259. The highest BCUT2D eigenvalue weighted by Gasteiger charge is 2.20. The van der Waals surface area contributed by atoms with E-state index < -0.39 is 0 Å². The van der Waals surface area contributed by atoms with Gasteiger partial charge in [-0.25, -0.2) is 19.1 Å². The van der Waals surface area contributed by atoms with E-state index in [1.807, 2.05) is 12.1 Å². The number of hydrogen-bond donors (Lipinski definition) is 2. The van der Waals surface area contributed by atoms with Crippen LogP contribution in [0, 0.1) is 0 Å². The molecule has 0 unspecified atom stereocenters. The summed E-state index contributed by atoms with van der Waals surface area (Å²) < 4.78 is 4.38. The Kier molecular flexibility index (Phi) is 12.2. The minimum atomic E-state index is 0. The van der Waals surface area contributed by atoms with Crippen molar-refractivity contribution in [2.75, 3.05) is 0 Å². The van der Waals surface area contributed by atoms with Crippen LogP contribution in [0.2, 0.25) is 0 Å². The SMILES string of the molecule is C1=C(c2ccc(C[n+]3ccccc3)cc2)c2ccc3[nH]c(cc3-c3ccccc3)c3cc(-c4ccccc4)c(ccc4nc(c1n2)C=C4c1ccc(C[n+]2ccccc2)cc1)[nH]3.[Br-].[Br-]. The topological polar surface area (TPSA) is 65.1 Å². The molecule has 8 heteroatoms. The van der Waals surface area contributed by atoms with E-state index in [0.29, 0.717) is 0 Å². The van der Waals surface area contributed by atoms with Gasteiger partial charge in [-0.1, -0.05) is 121 Å². The van der Waals surface area contributed by atoms with Gasteiger partial charge in [-0.15, -0.1) is 0 Å². The normalized spacial score (nSPS) is 11.8. The highest BCUT2D eigenvalue weighted by Crippen LogP contribution is 2.36. The monoisotopic (exact) mass is 956 g/mol. The first-order chi connectivity index (χ1) is 30.7. The van der Waals surface area contributed by atoms with E-state index in [9.17, 15) is 0 Å². The molecule has 0 saturated heterocycles. The Morgan fingerprint density at radius 1 is 0.359 bits per heavy atom. The van der Waals surface area contributed by atoms with Gasteiger partial charge in [-0.2, -0.15) is 0 Å². The maximum atomic E-state index is 5.34. The van der Waals surface area contributed by atoms with Crippen LogP contribution in [0.25, 0.3) is 67.6 Å². The van der Waals surface area contributed by atoms with Crippen LogP contribution >= 0.6 is 0 Å². The van der Waals surface area contributed by atoms with Gasteiger partial charge in [0.05, 0.1) is 33.8 Å². The zero-order chi connectivity index (χ0) is 41.2. The van der Waals surface area contributed by atoms with Gasteiger partial charge in [0.1, 0.15) is 0 Å². The lowest BCUT2D eigenvalue weighted by Gasteiger charge is -2.04. The first-order valence-electron chi connectivity index (χ1n) is 21.0. The van der Waals surface area contributed by atoms with E-state index in [-0.39, 0.29) is 34.0 Å². The molecule has 2 aliphatic rings. The highest BCUT2D eigenvalue weighted by molar-refractivity contribution is 5.99. The van der Waals surface area contributed by atoms with E-state index in [2.05, 4.69) is 226 Å². The summed E-state index contributed by atoms with van der Waals surface area (Å²) in [5.41, 5.74) is 18.7. The lowest BCUT2D eigenvalue weighted by molar-refractivity contribution is -0.688. The summed E-state index contributed by atoms with van der Waals surface area (Å²) in [6, 6.07) is 64.3. The lowest BCUT2D eigenvalue weighted by Crippen LogP contribution is -3.00. The van der Waals surface area contributed by atoms with Gasteiger partial charge < -0.3 is 43.9 Å². The highest BCUT2D eigenvalue weighted by atomic mass is 79.9. The van der Waals surface area contributed by atoms with Crippen molar-refractivity contribution in [3.8, 4) is 22.3 Å². The van der Waals surface area contributed by atoms with Gasteiger partial charge in [-0.05, 0) is 70.8 Å². The molecule has 0 amide bonds. The molecule has 2 aliphatic heterocycles. The van der Waals surface area contributed by atoms with Crippen LogP contribution < -0.4 is 43.1 Å². The third kappa shape index (κ3) is 8.71. The molecule has 310 valence electrons. The number of fused-ring (bicyclic) bond motifs is 10. The molecule has 7 heterocycles. The van der Waals surface area contributed by atoms with Gasteiger partial charge in [0.25, 0.3) is 0 Å². The summed E-state index contributed by atoms with van der Waals surface area (Å²) in [7, 11) is 0. The summed E-state index contributed by atoms with van der Waals surface area (Å²) >= 11 is 0. The van der Waals surface area contributed by atoms with E-state index >= 15 is 0 Å². The van der Waals surface area contributed by atoms with E-state index in [1.54, 1.807) is 0 Å². The van der Waals surface area contributed by atoms with E-state index in [4.69, 9.17) is 9.97 Å². The number of pyridine rings is 2. The summed E-state index contributed by atoms with van der Waals surface area (Å²) in [6.07, 6.45) is 12.8. The molecule has 8 bridgehead atoms. The molecule has 0 fully saturated rings. The fraction of sp³-hybridized carbons (Fsp3) is 0.0357. The predicted octanol–water partition coefficient (Wildman–Crippen LogP) is 5.51. The van der Waals surface area contributed by atoms with Crippen LogP contribution in [0.3, 0.4) is 0 Å². The number of halogens is 2. The van der Waals surface area contributed by atoms with Gasteiger partial charge in [0, 0.05) is 68.7 Å². The smallest absolute Gasteiger partial charge is 0.173 e. The Morgan fingerprint density at radius 3 is 1.12 bits per heavy atom. The molecule has 4 aromatic carbocycles. The first-order valence-corrected chi connectivity index (χ1v) is 21.0. The maximum absolute atomic E-state index is 5.34. The maximum Gasteiger partial charge on any atom is 0.173 e. The number of hydrogen-bond acceptors (Lipinski definition) is 2. The molecule has 2 N–H and O–H groups in total. The number of rotatable bonds is 8. The van der Waals surface area contributed by atoms with Crippen molar-refractivity contribution >= 4 is 45.4 Å². The molecular weight excluding hydrogens is 916 g/mol. The van der Waals surface area contributed by atoms with E-state index in [0.717, 1.165) is 102 Å². The standard InChI is InChI=1S/C56H42N6.2BrH/c1-5-13-41(14-6-1)45-33-53-54-34-46(42-15-7-2-8-16-42)50(58-54)26-28-52-48(44-23-19-40(20-24-44)38-62-31-11-4-12-32-62)36-56(60-52)55-35-47(51(59-55)27-25-49(45)57-53)43-21-17-39(18-22-43)37-61-29-9-3-10-30-61;;/h1-36,57-58H,37-38H2;2*1H/q+2;;/p-2. The van der Waals surface area contributed by atoms with Gasteiger partial charge in [0.15, 0.2) is 37.9 Å². The molecule has 11 rings (SSSR count). The van der Waals surface area contributed by atoms with Crippen molar-refractivity contribution in [1.82, 2.24) is 19.9 Å². The molecule has 6 nitrogen and oxygen atoms in total. The van der Waals surface area contributed by atoms with Crippen LogP contribution in [0.5, 0.6) is 0 Å². The number of H-pyrrole nitrogens is 2. The minimum absolute atomic E-state index is 0. The fourth-order valence-corrected chi connectivity index (χ4v) is 8.46. The van der Waals surface area contributed by atoms with Crippen LogP contribution in [0.1, 0.15) is 45.0 Å². The van der Waals surface area contributed by atoms with Crippen molar-refractivity contribution in [3.63, 3.8) is 0 Å². The Hall–Kier alpha value is -7.26. The number of aromatic amines is 2. The van der Waals surface area contributed by atoms with Gasteiger partial charge in [0.2, 0.25) is 0 Å². The third-order valence-corrected chi connectivity index (χ3v) is 11.6. The average Bonchev–Trinajstić information content (AvgIpc) is 4.15. The zero-order valence-corrected chi connectivity index (χ0v) is 37.9. The zero-order valence-electron chi connectivity index (χ0n) is 34.7. The van der Waals surface area contributed by atoms with Crippen molar-refractivity contribution in [2.45, 2.75) is 13.1 Å². The summed E-state index contributed by atoms with van der Waals surface area (Å²) in [4.78, 5) is 18.3. The van der Waals surface area contributed by atoms with Crippen LogP contribution in [0.15, 0.2) is 207 Å². The second kappa shape index (κ2) is 18.6. The molecular formula is C56H42Br2N6. The predicted molar refractivity (Wildman–Crippen MR) is 250 cm³/mol. The quantitative estimate of drug-likeness (QED) is 0.198. The van der Waals surface area contributed by atoms with Crippen molar-refractivity contribution in [2.24, 2.45) is 0 Å². The van der Waals surface area contributed by atoms with Crippen molar-refractivity contribution in [1.29, 1.82) is 0 Å². The molecule has 0 radical (unpaired) electrons. The second-order valence-electron chi connectivity index (χ2n) is 15.8. The van der Waals surface area contributed by atoms with E-state index in [1.165, 1.54) is 11.1 Å². The number of aromatic nitrogens is 6. The average molecular weight is 959 g/mol. The largest absolute Gasteiger partial charge is 1.00 e. The van der Waals surface area contributed by atoms with Crippen molar-refractivity contribution < 1.29 is 43.1 Å². The number of nitrogens with zero attached hydrogens (tertiary/aromatic N) is 4. The Morgan fingerprint density at radius 2 is 0.734 bits per heavy atom. The van der Waals surface area contributed by atoms with Gasteiger partial charge in [-0.3, -0.25) is 0 Å². The molecule has 64 heavy (non-hydrogen) atoms. The summed E-state index contributed by atoms with van der Waals surface area (Å²) in [5, 5.41) is 0. The van der Waals surface area contributed by atoms with Crippen LogP contribution in [-0.2, 0) is 13.1 Å². The molecule has 0 saturated carbocycles. The molecule has 0 atom stereocenters. The van der Waals surface area contributed by atoms with Crippen LogP contribution in [-0.4, -0.2) is 19.9 Å². The molecule has 0 aliphatic carbocycles. The van der Waals surface area contributed by atoms with Crippen molar-refractivity contribution in [3.05, 3.63) is 252 Å². The minimum Gasteiger partial charge on any atom is -1.00 e. The molecule has 0 spiro atoms. The first kappa shape index (κ1) is 42.1. The van der Waals surface area contributed by atoms with Crippen LogP contribution in [0.4, 0.5) is 0 Å².